The molecule has 1 aliphatic heterocycles. The first kappa shape index (κ1) is 45.5. The molecule has 0 fully saturated rings. The molecule has 0 aromatic rings. The number of nitrogens with zero attached hydrogens (tertiary/aromatic N) is 1. The summed E-state index contributed by atoms with van der Waals surface area (Å²) < 4.78 is 42.7. The van der Waals surface area contributed by atoms with Gasteiger partial charge in [0.1, 0.15) is 11.8 Å². The van der Waals surface area contributed by atoms with Gasteiger partial charge in [0.15, 0.2) is 0 Å². The fourth-order valence-electron chi connectivity index (χ4n) is 3.92. The summed E-state index contributed by atoms with van der Waals surface area (Å²) in [6.45, 7) is 6.65. The lowest BCUT2D eigenvalue weighted by Crippen LogP contribution is -2.54. The van der Waals surface area contributed by atoms with E-state index < -0.39 is 42.1 Å². The fourth-order valence-corrected chi connectivity index (χ4v) is 3.92. The molecule has 0 saturated carbocycles. The second-order valence-corrected chi connectivity index (χ2v) is 10.7. The molecular weight excluding hydrogens is 678 g/mol. The zero-order chi connectivity index (χ0) is 37.4. The molecule has 0 saturated heterocycles. The molecule has 1 atom stereocenters. The summed E-state index contributed by atoms with van der Waals surface area (Å²) in [6.07, 6.45) is 2.91. The number of nitrogens with one attached hydrogen (secondary N) is 4. The van der Waals surface area contributed by atoms with Gasteiger partial charge in [-0.3, -0.25) is 28.8 Å². The predicted molar refractivity (Wildman–Crippen MR) is 180 cm³/mol. The SMILES string of the molecule is COCCOCCOCCOCCOCCOCCOCCOCCC(=O)NCC(C(=O)NCC(=O)NCC(=O)NCC(C)=O)N1CC=CC1=O. The van der Waals surface area contributed by atoms with Gasteiger partial charge in [-0.15, -0.1) is 0 Å². The first-order chi connectivity index (χ1) is 24.7. The molecule has 1 rings (SSSR count). The Hall–Kier alpha value is -3.56. The molecule has 1 unspecified atom stereocenters. The van der Waals surface area contributed by atoms with E-state index in [4.69, 9.17) is 37.9 Å². The molecule has 19 nitrogen and oxygen atoms in total. The van der Waals surface area contributed by atoms with Gasteiger partial charge in [0.2, 0.25) is 29.5 Å². The first-order valence-corrected chi connectivity index (χ1v) is 16.8. The molecule has 292 valence electrons. The fraction of sp³-hybridized carbons (Fsp3) is 0.750. The second kappa shape index (κ2) is 31.2. The molecule has 0 radical (unpaired) electrons. The van der Waals surface area contributed by atoms with E-state index in [0.717, 1.165) is 0 Å². The van der Waals surface area contributed by atoms with E-state index in [-0.39, 0.29) is 51.6 Å². The number of hydrogen-bond acceptors (Lipinski definition) is 14. The summed E-state index contributed by atoms with van der Waals surface area (Å²) in [7, 11) is 1.62. The Labute approximate surface area is 298 Å². The molecule has 19 heteroatoms. The van der Waals surface area contributed by atoms with E-state index >= 15 is 0 Å². The maximum absolute atomic E-state index is 12.8. The molecular formula is C32H55N5O14. The summed E-state index contributed by atoms with van der Waals surface area (Å²) in [5.74, 6) is -2.92. The van der Waals surface area contributed by atoms with E-state index in [2.05, 4.69) is 21.3 Å². The van der Waals surface area contributed by atoms with Gasteiger partial charge in [0, 0.05) is 32.7 Å². The Morgan fingerprint density at radius 1 is 0.608 bits per heavy atom. The van der Waals surface area contributed by atoms with Crippen LogP contribution in [0.1, 0.15) is 13.3 Å². The highest BCUT2D eigenvalue weighted by Crippen LogP contribution is 2.07. The summed E-state index contributed by atoms with van der Waals surface area (Å²) in [5.41, 5.74) is 0. The van der Waals surface area contributed by atoms with Crippen LogP contribution in [0.15, 0.2) is 12.2 Å². The van der Waals surface area contributed by atoms with Crippen molar-refractivity contribution in [3.63, 3.8) is 0 Å². The van der Waals surface area contributed by atoms with E-state index in [1.54, 1.807) is 13.2 Å². The third-order valence-corrected chi connectivity index (χ3v) is 6.56. The normalized spacial score (nSPS) is 12.9. The largest absolute Gasteiger partial charge is 0.382 e. The summed E-state index contributed by atoms with van der Waals surface area (Å²) in [5, 5.41) is 9.67. The van der Waals surface area contributed by atoms with Gasteiger partial charge in [-0.05, 0) is 6.92 Å². The number of ketones is 1. The topological polar surface area (TPSA) is 228 Å². The number of carbonyl (C=O) groups excluding carboxylic acids is 6. The summed E-state index contributed by atoms with van der Waals surface area (Å²) >= 11 is 0. The van der Waals surface area contributed by atoms with Crippen LogP contribution in [-0.4, -0.2) is 185 Å². The third kappa shape index (κ3) is 26.0. The van der Waals surface area contributed by atoms with Crippen molar-refractivity contribution in [3.05, 3.63) is 12.2 Å². The lowest BCUT2D eigenvalue weighted by Gasteiger charge is -2.27. The lowest BCUT2D eigenvalue weighted by atomic mass is 10.2. The Kier molecular flexibility index (Phi) is 27.8. The Morgan fingerprint density at radius 3 is 1.47 bits per heavy atom. The Morgan fingerprint density at radius 2 is 1.04 bits per heavy atom. The van der Waals surface area contributed by atoms with Crippen molar-refractivity contribution >= 4 is 35.3 Å². The Balaban J connectivity index is 2.04. The number of hydrogen-bond donors (Lipinski definition) is 4. The van der Waals surface area contributed by atoms with Gasteiger partial charge >= 0.3 is 0 Å². The minimum Gasteiger partial charge on any atom is -0.382 e. The number of amides is 5. The van der Waals surface area contributed by atoms with Crippen LogP contribution in [0.25, 0.3) is 0 Å². The Bertz CT molecular complexity index is 1050. The number of ether oxygens (including phenoxy) is 8. The van der Waals surface area contributed by atoms with E-state index in [1.165, 1.54) is 17.9 Å². The molecule has 0 bridgehead atoms. The lowest BCUT2D eigenvalue weighted by molar-refractivity contribution is -0.137. The molecule has 0 spiro atoms. The number of carbonyl (C=O) groups is 6. The maximum Gasteiger partial charge on any atom is 0.247 e. The first-order valence-electron chi connectivity index (χ1n) is 16.8. The van der Waals surface area contributed by atoms with Crippen molar-refractivity contribution in [3.8, 4) is 0 Å². The van der Waals surface area contributed by atoms with Crippen molar-refractivity contribution in [2.45, 2.75) is 19.4 Å². The minimum atomic E-state index is -1.07. The monoisotopic (exact) mass is 733 g/mol. The molecule has 51 heavy (non-hydrogen) atoms. The smallest absolute Gasteiger partial charge is 0.247 e. The van der Waals surface area contributed by atoms with Crippen LogP contribution in [0.3, 0.4) is 0 Å². The highest BCUT2D eigenvalue weighted by molar-refractivity contribution is 5.96. The van der Waals surface area contributed by atoms with Gasteiger partial charge in [-0.1, -0.05) is 6.08 Å². The molecule has 1 heterocycles. The number of Topliss-reactive ketones (excluding diaryl/α,β-unsaturated/α-hetero) is 1. The van der Waals surface area contributed by atoms with Gasteiger partial charge in [0.05, 0.1) is 119 Å². The van der Waals surface area contributed by atoms with Crippen LogP contribution in [-0.2, 0) is 66.7 Å². The van der Waals surface area contributed by atoms with Gasteiger partial charge in [-0.2, -0.15) is 0 Å². The van der Waals surface area contributed by atoms with E-state index in [1.807, 2.05) is 0 Å². The zero-order valence-electron chi connectivity index (χ0n) is 29.7. The molecule has 1 aliphatic rings. The molecule has 4 N–H and O–H groups in total. The van der Waals surface area contributed by atoms with Gasteiger partial charge in [0.25, 0.3) is 0 Å². The van der Waals surface area contributed by atoms with E-state index in [9.17, 15) is 28.8 Å². The average Bonchev–Trinajstić information content (AvgIpc) is 3.54. The maximum atomic E-state index is 12.8. The van der Waals surface area contributed by atoms with Crippen LogP contribution in [0.4, 0.5) is 0 Å². The highest BCUT2D eigenvalue weighted by Gasteiger charge is 2.31. The van der Waals surface area contributed by atoms with Gasteiger partial charge in [-0.25, -0.2) is 0 Å². The van der Waals surface area contributed by atoms with Crippen LogP contribution < -0.4 is 21.3 Å². The zero-order valence-corrected chi connectivity index (χ0v) is 29.7. The number of methoxy groups -OCH3 is 1. The van der Waals surface area contributed by atoms with Crippen molar-refractivity contribution in [2.75, 3.05) is 139 Å². The predicted octanol–water partition coefficient (Wildman–Crippen LogP) is -3.04. The van der Waals surface area contributed by atoms with Crippen LogP contribution in [0, 0.1) is 0 Å². The molecule has 0 aromatic carbocycles. The minimum absolute atomic E-state index is 0.0156. The van der Waals surface area contributed by atoms with Crippen molar-refractivity contribution in [2.24, 2.45) is 0 Å². The van der Waals surface area contributed by atoms with Crippen LogP contribution in [0.5, 0.6) is 0 Å². The van der Waals surface area contributed by atoms with Crippen molar-refractivity contribution < 1.29 is 66.7 Å². The van der Waals surface area contributed by atoms with Crippen molar-refractivity contribution in [1.82, 2.24) is 26.2 Å². The quantitative estimate of drug-likeness (QED) is 0.0483. The second-order valence-electron chi connectivity index (χ2n) is 10.7. The third-order valence-electron chi connectivity index (χ3n) is 6.56. The van der Waals surface area contributed by atoms with Crippen molar-refractivity contribution in [1.29, 1.82) is 0 Å². The number of rotatable bonds is 34. The van der Waals surface area contributed by atoms with Crippen LogP contribution >= 0.6 is 0 Å². The van der Waals surface area contributed by atoms with E-state index in [0.29, 0.717) is 85.9 Å². The standard InChI is InChI=1S/C32H55N5O14/c1-26(38)22-33-29(40)24-35-30(41)25-36-32(43)27(37-6-3-4-31(37)42)23-34-28(39)5-7-45-10-11-47-14-15-49-18-19-51-21-20-50-17-16-48-13-12-46-9-8-44-2/h3-4,27H,5-25H2,1-2H3,(H,33,40)(H,34,39)(H,35,41)(H,36,43). The average molecular weight is 734 g/mol. The summed E-state index contributed by atoms with van der Waals surface area (Å²) in [6, 6.07) is -1.07. The molecule has 5 amide bonds. The molecule has 0 aromatic heterocycles. The van der Waals surface area contributed by atoms with Gasteiger partial charge < -0.3 is 64.1 Å². The van der Waals surface area contributed by atoms with Crippen LogP contribution in [0.2, 0.25) is 0 Å². The molecule has 0 aliphatic carbocycles. The highest BCUT2D eigenvalue weighted by atomic mass is 16.6. The summed E-state index contributed by atoms with van der Waals surface area (Å²) in [4.78, 5) is 73.3.